The molecule has 0 bridgehead atoms. The second-order valence-corrected chi connectivity index (χ2v) is 5.81. The van der Waals surface area contributed by atoms with Gasteiger partial charge in [-0.05, 0) is 31.2 Å². The van der Waals surface area contributed by atoms with Crippen LogP contribution in [0.2, 0.25) is 0 Å². The summed E-state index contributed by atoms with van der Waals surface area (Å²) < 4.78 is 46.6. The van der Waals surface area contributed by atoms with Crippen molar-refractivity contribution in [2.24, 2.45) is 0 Å². The van der Waals surface area contributed by atoms with E-state index >= 15 is 0 Å². The molecule has 28 heavy (non-hydrogen) atoms. The first-order valence-corrected chi connectivity index (χ1v) is 8.09. The van der Waals surface area contributed by atoms with Gasteiger partial charge in [0.05, 0.1) is 41.5 Å². The van der Waals surface area contributed by atoms with Gasteiger partial charge in [0.15, 0.2) is 0 Å². The lowest BCUT2D eigenvalue weighted by Crippen LogP contribution is -2.25. The molecule has 0 aliphatic carbocycles. The minimum absolute atomic E-state index is 0.0257. The van der Waals surface area contributed by atoms with E-state index < -0.39 is 17.4 Å². The molecule has 6 nitrogen and oxygen atoms in total. The number of benzene rings is 1. The van der Waals surface area contributed by atoms with Gasteiger partial charge in [0.25, 0.3) is 0 Å². The monoisotopic (exact) mass is 388 g/mol. The lowest BCUT2D eigenvalue weighted by molar-refractivity contribution is -0.137. The van der Waals surface area contributed by atoms with Crippen molar-refractivity contribution < 1.29 is 17.9 Å². The fourth-order valence-electron chi connectivity index (χ4n) is 2.85. The number of terminal acetylenes is 1. The maximum atomic E-state index is 13.4. The van der Waals surface area contributed by atoms with Crippen molar-refractivity contribution in [1.82, 2.24) is 14.5 Å². The van der Waals surface area contributed by atoms with Gasteiger partial charge in [-0.15, -0.1) is 6.42 Å². The van der Waals surface area contributed by atoms with E-state index in [0.29, 0.717) is 11.4 Å². The molecule has 2 aromatic heterocycles. The van der Waals surface area contributed by atoms with Gasteiger partial charge in [0.2, 0.25) is 0 Å². The van der Waals surface area contributed by atoms with Crippen molar-refractivity contribution in [2.45, 2.75) is 13.1 Å². The molecule has 0 fully saturated rings. The largest absolute Gasteiger partial charge is 0.496 e. The van der Waals surface area contributed by atoms with E-state index in [1.807, 2.05) is 0 Å². The van der Waals surface area contributed by atoms with Crippen LogP contribution in [-0.4, -0.2) is 28.2 Å². The first-order valence-electron chi connectivity index (χ1n) is 8.09. The van der Waals surface area contributed by atoms with E-state index in [2.05, 4.69) is 21.2 Å². The zero-order valence-corrected chi connectivity index (χ0v) is 15.0. The number of nitrogens with one attached hydrogen (secondary N) is 1. The lowest BCUT2D eigenvalue weighted by atomic mass is 10.1. The summed E-state index contributed by atoms with van der Waals surface area (Å²) in [4.78, 5) is 20.8. The molecule has 0 spiro atoms. The standard InChI is InChI=1S/C19H15F3N4O2/c1-4-7-24-17-16-14(9-12(19(20,21)22)10-15(16)28-3)26(18(27)25-17)13-6-5-8-23-11(13)2/h1,5-6,8-10H,7H2,2-3H3,(H,24,25,27). The molecule has 0 unspecified atom stereocenters. The number of aryl methyl sites for hydroxylation is 1. The van der Waals surface area contributed by atoms with Gasteiger partial charge in [0, 0.05) is 6.20 Å². The fraction of sp³-hybridized carbons (Fsp3) is 0.211. The molecular formula is C19H15F3N4O2. The van der Waals surface area contributed by atoms with Crippen molar-refractivity contribution in [2.75, 3.05) is 19.0 Å². The Balaban J connectivity index is 2.50. The van der Waals surface area contributed by atoms with Crippen LogP contribution in [0.25, 0.3) is 16.6 Å². The molecule has 0 atom stereocenters. The SMILES string of the molecule is C#CCNc1nc(=O)n(-c2cccnc2C)c2cc(C(F)(F)F)cc(OC)c12. The number of rotatable bonds is 4. The second-order valence-electron chi connectivity index (χ2n) is 5.81. The maximum absolute atomic E-state index is 13.4. The first kappa shape index (κ1) is 19.2. The molecule has 3 aromatic rings. The molecule has 9 heteroatoms. The summed E-state index contributed by atoms with van der Waals surface area (Å²) in [6.45, 7) is 1.67. The Bertz CT molecular complexity index is 1150. The molecule has 0 amide bonds. The average Bonchev–Trinajstić information content (AvgIpc) is 2.65. The number of fused-ring (bicyclic) bond motifs is 1. The number of pyridine rings is 1. The van der Waals surface area contributed by atoms with Crippen LogP contribution in [0, 0.1) is 19.3 Å². The van der Waals surface area contributed by atoms with E-state index in [1.165, 1.54) is 13.3 Å². The molecule has 0 radical (unpaired) electrons. The summed E-state index contributed by atoms with van der Waals surface area (Å²) in [5, 5.41) is 2.97. The number of anilines is 1. The van der Waals surface area contributed by atoms with Crippen LogP contribution in [0.5, 0.6) is 5.75 Å². The number of alkyl halides is 3. The van der Waals surface area contributed by atoms with Crippen molar-refractivity contribution in [1.29, 1.82) is 0 Å². The van der Waals surface area contributed by atoms with Crippen LogP contribution in [0.1, 0.15) is 11.3 Å². The summed E-state index contributed by atoms with van der Waals surface area (Å²) in [6, 6.07) is 4.90. The quantitative estimate of drug-likeness (QED) is 0.696. The van der Waals surface area contributed by atoms with Crippen molar-refractivity contribution in [3.05, 3.63) is 52.2 Å². The molecule has 0 saturated carbocycles. The van der Waals surface area contributed by atoms with Gasteiger partial charge < -0.3 is 10.1 Å². The van der Waals surface area contributed by atoms with Crippen LogP contribution >= 0.6 is 0 Å². The van der Waals surface area contributed by atoms with Crippen LogP contribution in [0.4, 0.5) is 19.0 Å². The molecule has 1 aromatic carbocycles. The van der Waals surface area contributed by atoms with E-state index in [9.17, 15) is 18.0 Å². The highest BCUT2D eigenvalue weighted by Crippen LogP contribution is 2.38. The minimum atomic E-state index is -4.64. The molecule has 0 aliphatic heterocycles. The summed E-state index contributed by atoms with van der Waals surface area (Å²) in [5.41, 5.74) is -0.990. The number of hydrogen-bond acceptors (Lipinski definition) is 5. The Kier molecular flexibility index (Phi) is 4.96. The third-order valence-corrected chi connectivity index (χ3v) is 4.08. The Morgan fingerprint density at radius 3 is 2.71 bits per heavy atom. The minimum Gasteiger partial charge on any atom is -0.496 e. The summed E-state index contributed by atoms with van der Waals surface area (Å²) in [6.07, 6.45) is 2.12. The Labute approximate surface area is 158 Å². The molecule has 3 rings (SSSR count). The van der Waals surface area contributed by atoms with Crippen molar-refractivity contribution in [3.8, 4) is 23.8 Å². The van der Waals surface area contributed by atoms with Gasteiger partial charge in [-0.2, -0.15) is 18.2 Å². The summed E-state index contributed by atoms with van der Waals surface area (Å²) in [7, 11) is 1.24. The normalized spacial score (nSPS) is 11.3. The molecule has 144 valence electrons. The number of halogens is 3. The third kappa shape index (κ3) is 3.36. The van der Waals surface area contributed by atoms with E-state index in [-0.39, 0.29) is 29.0 Å². The van der Waals surface area contributed by atoms with Crippen LogP contribution in [0.3, 0.4) is 0 Å². The molecular weight excluding hydrogens is 373 g/mol. The molecule has 0 aliphatic rings. The fourth-order valence-corrected chi connectivity index (χ4v) is 2.85. The van der Waals surface area contributed by atoms with Gasteiger partial charge in [-0.25, -0.2) is 4.79 Å². The summed E-state index contributed by atoms with van der Waals surface area (Å²) >= 11 is 0. The highest BCUT2D eigenvalue weighted by Gasteiger charge is 2.33. The van der Waals surface area contributed by atoms with Crippen molar-refractivity contribution in [3.63, 3.8) is 0 Å². The zero-order valence-electron chi connectivity index (χ0n) is 15.0. The van der Waals surface area contributed by atoms with E-state index in [1.54, 1.807) is 19.1 Å². The Morgan fingerprint density at radius 1 is 1.36 bits per heavy atom. The topological polar surface area (TPSA) is 69.0 Å². The third-order valence-electron chi connectivity index (χ3n) is 4.08. The maximum Gasteiger partial charge on any atom is 0.416 e. The number of aromatic nitrogens is 3. The van der Waals surface area contributed by atoms with Crippen LogP contribution in [0.15, 0.2) is 35.3 Å². The Hall–Kier alpha value is -3.54. The van der Waals surface area contributed by atoms with E-state index in [0.717, 1.165) is 16.7 Å². The number of methoxy groups -OCH3 is 1. The van der Waals surface area contributed by atoms with E-state index in [4.69, 9.17) is 11.2 Å². The van der Waals surface area contributed by atoms with Gasteiger partial charge in [-0.3, -0.25) is 9.55 Å². The number of nitrogens with zero attached hydrogens (tertiary/aromatic N) is 3. The van der Waals surface area contributed by atoms with Crippen LogP contribution < -0.4 is 15.7 Å². The van der Waals surface area contributed by atoms with Crippen molar-refractivity contribution >= 4 is 16.7 Å². The highest BCUT2D eigenvalue weighted by molar-refractivity contribution is 5.96. The van der Waals surface area contributed by atoms with Crippen LogP contribution in [-0.2, 0) is 6.18 Å². The zero-order chi connectivity index (χ0) is 20.5. The molecule has 0 saturated heterocycles. The molecule has 2 heterocycles. The predicted octanol–water partition coefficient (Wildman–Crippen LogP) is 3.16. The number of ether oxygens (including phenoxy) is 1. The second kappa shape index (κ2) is 7.23. The van der Waals surface area contributed by atoms with Gasteiger partial charge in [-0.1, -0.05) is 5.92 Å². The van der Waals surface area contributed by atoms with Gasteiger partial charge >= 0.3 is 11.9 Å². The Morgan fingerprint density at radius 2 is 2.11 bits per heavy atom. The number of hydrogen-bond donors (Lipinski definition) is 1. The first-order chi connectivity index (χ1) is 13.3. The average molecular weight is 388 g/mol. The summed E-state index contributed by atoms with van der Waals surface area (Å²) in [5.74, 6) is 2.29. The smallest absolute Gasteiger partial charge is 0.416 e. The molecule has 1 N–H and O–H groups in total. The van der Waals surface area contributed by atoms with Gasteiger partial charge in [0.1, 0.15) is 11.6 Å². The lowest BCUT2D eigenvalue weighted by Gasteiger charge is -2.18. The predicted molar refractivity (Wildman–Crippen MR) is 98.7 cm³/mol. The highest BCUT2D eigenvalue weighted by atomic mass is 19.4.